The fourth-order valence-corrected chi connectivity index (χ4v) is 2.17. The van der Waals surface area contributed by atoms with Gasteiger partial charge in [0.05, 0.1) is 20.0 Å². The first-order valence-electron chi connectivity index (χ1n) is 6.54. The molecule has 7 heteroatoms. The summed E-state index contributed by atoms with van der Waals surface area (Å²) < 4.78 is 10.3. The maximum Gasteiger partial charge on any atom is 0.313 e. The van der Waals surface area contributed by atoms with E-state index in [0.29, 0.717) is 23.8 Å². The van der Waals surface area contributed by atoms with Gasteiger partial charge in [0.25, 0.3) is 0 Å². The highest BCUT2D eigenvalue weighted by molar-refractivity contribution is 7.99. The number of ether oxygens (including phenoxy) is 2. The average Bonchev–Trinajstić information content (AvgIpc) is 2.51. The van der Waals surface area contributed by atoms with Crippen LogP contribution in [-0.4, -0.2) is 49.3 Å². The number of hydrogen-bond donors (Lipinski definition) is 2. The SMILES string of the molecule is COc1ccc(OC)c(/C=C/C(=O)NCCSCC(=O)O)c1. The molecule has 1 amide bonds. The molecule has 120 valence electrons. The summed E-state index contributed by atoms with van der Waals surface area (Å²) in [5.41, 5.74) is 0.734. The number of thioether (sulfide) groups is 1. The Bertz CT molecular complexity index is 545. The lowest BCUT2D eigenvalue weighted by Gasteiger charge is -2.07. The van der Waals surface area contributed by atoms with E-state index < -0.39 is 5.97 Å². The first-order valence-corrected chi connectivity index (χ1v) is 7.69. The molecule has 0 saturated heterocycles. The van der Waals surface area contributed by atoms with E-state index in [1.807, 2.05) is 0 Å². The predicted octanol–water partition coefficient (Wildman–Crippen LogP) is 1.65. The Hall–Kier alpha value is -2.15. The van der Waals surface area contributed by atoms with Gasteiger partial charge in [-0.1, -0.05) is 0 Å². The molecule has 1 aromatic carbocycles. The normalized spacial score (nSPS) is 10.5. The molecule has 0 aliphatic carbocycles. The van der Waals surface area contributed by atoms with Gasteiger partial charge in [0, 0.05) is 23.9 Å². The van der Waals surface area contributed by atoms with E-state index >= 15 is 0 Å². The van der Waals surface area contributed by atoms with Crippen molar-refractivity contribution in [1.82, 2.24) is 5.32 Å². The van der Waals surface area contributed by atoms with Crippen LogP contribution in [0.25, 0.3) is 6.08 Å². The van der Waals surface area contributed by atoms with Crippen molar-refractivity contribution in [2.45, 2.75) is 0 Å². The minimum Gasteiger partial charge on any atom is -0.497 e. The molecular formula is C15H19NO5S. The molecule has 22 heavy (non-hydrogen) atoms. The van der Waals surface area contributed by atoms with Gasteiger partial charge in [0.2, 0.25) is 5.91 Å². The van der Waals surface area contributed by atoms with Crippen molar-refractivity contribution in [2.75, 3.05) is 32.3 Å². The van der Waals surface area contributed by atoms with Gasteiger partial charge in [-0.25, -0.2) is 0 Å². The van der Waals surface area contributed by atoms with Crippen molar-refractivity contribution in [3.05, 3.63) is 29.8 Å². The van der Waals surface area contributed by atoms with E-state index in [4.69, 9.17) is 14.6 Å². The second kappa shape index (κ2) is 9.73. The lowest BCUT2D eigenvalue weighted by Crippen LogP contribution is -2.23. The molecule has 6 nitrogen and oxygen atoms in total. The van der Waals surface area contributed by atoms with Crippen LogP contribution < -0.4 is 14.8 Å². The summed E-state index contributed by atoms with van der Waals surface area (Å²) in [5.74, 6) is 0.788. The van der Waals surface area contributed by atoms with E-state index in [1.54, 1.807) is 38.5 Å². The molecule has 0 radical (unpaired) electrons. The van der Waals surface area contributed by atoms with Crippen molar-refractivity contribution >= 4 is 29.7 Å². The zero-order valence-corrected chi connectivity index (χ0v) is 13.3. The summed E-state index contributed by atoms with van der Waals surface area (Å²) in [6.45, 7) is 0.413. The molecular weight excluding hydrogens is 306 g/mol. The summed E-state index contributed by atoms with van der Waals surface area (Å²) in [6, 6.07) is 5.31. The Morgan fingerprint density at radius 1 is 1.32 bits per heavy atom. The smallest absolute Gasteiger partial charge is 0.313 e. The fourth-order valence-electron chi connectivity index (χ4n) is 1.60. The topological polar surface area (TPSA) is 84.9 Å². The van der Waals surface area contributed by atoms with Gasteiger partial charge in [0.15, 0.2) is 0 Å². The zero-order valence-electron chi connectivity index (χ0n) is 12.5. The summed E-state index contributed by atoms with van der Waals surface area (Å²) in [6.07, 6.45) is 3.04. The average molecular weight is 325 g/mol. The van der Waals surface area contributed by atoms with E-state index in [0.717, 1.165) is 5.56 Å². The van der Waals surface area contributed by atoms with Crippen LogP contribution >= 0.6 is 11.8 Å². The maximum atomic E-state index is 11.7. The molecule has 0 aromatic heterocycles. The zero-order chi connectivity index (χ0) is 16.4. The van der Waals surface area contributed by atoms with Crippen LogP contribution in [0.15, 0.2) is 24.3 Å². The highest BCUT2D eigenvalue weighted by atomic mass is 32.2. The molecule has 0 unspecified atom stereocenters. The number of nitrogens with one attached hydrogen (secondary N) is 1. The number of methoxy groups -OCH3 is 2. The van der Waals surface area contributed by atoms with Crippen LogP contribution in [0.1, 0.15) is 5.56 Å². The molecule has 1 aromatic rings. The fraction of sp³-hybridized carbons (Fsp3) is 0.333. The van der Waals surface area contributed by atoms with Gasteiger partial charge in [-0.15, -0.1) is 11.8 Å². The molecule has 0 saturated carbocycles. The summed E-state index contributed by atoms with van der Waals surface area (Å²) in [5, 5.41) is 11.2. The van der Waals surface area contributed by atoms with E-state index in [2.05, 4.69) is 5.32 Å². The van der Waals surface area contributed by atoms with Crippen molar-refractivity contribution in [3.8, 4) is 11.5 Å². The largest absolute Gasteiger partial charge is 0.497 e. The van der Waals surface area contributed by atoms with E-state index in [1.165, 1.54) is 17.8 Å². The number of aliphatic carboxylic acids is 1. The van der Waals surface area contributed by atoms with Gasteiger partial charge in [0.1, 0.15) is 11.5 Å². The number of benzene rings is 1. The van der Waals surface area contributed by atoms with Crippen LogP contribution in [0.4, 0.5) is 0 Å². The molecule has 0 fully saturated rings. The second-order valence-corrected chi connectivity index (χ2v) is 5.28. The summed E-state index contributed by atoms with van der Waals surface area (Å²) in [4.78, 5) is 22.0. The molecule has 0 spiro atoms. The first-order chi connectivity index (χ1) is 10.6. The maximum absolute atomic E-state index is 11.7. The van der Waals surface area contributed by atoms with Crippen LogP contribution in [-0.2, 0) is 9.59 Å². The molecule has 0 heterocycles. The van der Waals surface area contributed by atoms with Crippen LogP contribution in [0.2, 0.25) is 0 Å². The Labute approximate surface area is 133 Å². The van der Waals surface area contributed by atoms with Crippen molar-refractivity contribution in [2.24, 2.45) is 0 Å². The van der Waals surface area contributed by atoms with Crippen molar-refractivity contribution in [1.29, 1.82) is 0 Å². The Morgan fingerprint density at radius 3 is 2.73 bits per heavy atom. The first kappa shape index (κ1) is 17.9. The summed E-state index contributed by atoms with van der Waals surface area (Å²) >= 11 is 1.25. The van der Waals surface area contributed by atoms with Crippen LogP contribution in [0.5, 0.6) is 11.5 Å². The standard InChI is InChI=1S/C15H19NO5S/c1-20-12-4-5-13(21-2)11(9-12)3-6-14(17)16-7-8-22-10-15(18)19/h3-6,9H,7-8,10H2,1-2H3,(H,16,17)(H,18,19)/b6-3+. The quantitative estimate of drug-likeness (QED) is 0.530. The van der Waals surface area contributed by atoms with Gasteiger partial charge >= 0.3 is 5.97 Å². The monoisotopic (exact) mass is 325 g/mol. The highest BCUT2D eigenvalue weighted by Crippen LogP contribution is 2.24. The Kier molecular flexibility index (Phi) is 7.91. The number of hydrogen-bond acceptors (Lipinski definition) is 5. The van der Waals surface area contributed by atoms with Crippen molar-refractivity contribution in [3.63, 3.8) is 0 Å². The highest BCUT2D eigenvalue weighted by Gasteiger charge is 2.03. The number of carbonyl (C=O) groups excluding carboxylic acids is 1. The Balaban J connectivity index is 2.49. The van der Waals surface area contributed by atoms with Crippen molar-refractivity contribution < 1.29 is 24.2 Å². The van der Waals surface area contributed by atoms with Gasteiger partial charge in [-0.3, -0.25) is 9.59 Å². The predicted molar refractivity (Wildman–Crippen MR) is 86.6 cm³/mol. The number of rotatable bonds is 9. The number of carboxylic acid groups (broad SMARTS) is 1. The van der Waals surface area contributed by atoms with Crippen LogP contribution in [0, 0.1) is 0 Å². The molecule has 0 bridgehead atoms. The minimum atomic E-state index is -0.860. The number of carbonyl (C=O) groups is 2. The van der Waals surface area contributed by atoms with E-state index in [9.17, 15) is 9.59 Å². The molecule has 0 aliphatic heterocycles. The van der Waals surface area contributed by atoms with Gasteiger partial charge < -0.3 is 19.9 Å². The van der Waals surface area contributed by atoms with Gasteiger partial charge in [-0.05, 0) is 24.3 Å². The lowest BCUT2D eigenvalue weighted by atomic mass is 10.1. The number of carboxylic acids is 1. The third-order valence-electron chi connectivity index (χ3n) is 2.62. The third kappa shape index (κ3) is 6.53. The van der Waals surface area contributed by atoms with Gasteiger partial charge in [-0.2, -0.15) is 0 Å². The second-order valence-electron chi connectivity index (χ2n) is 4.18. The Morgan fingerprint density at radius 2 is 2.09 bits per heavy atom. The molecule has 0 atom stereocenters. The molecule has 2 N–H and O–H groups in total. The number of amides is 1. The third-order valence-corrected chi connectivity index (χ3v) is 3.57. The molecule has 1 rings (SSSR count). The lowest BCUT2D eigenvalue weighted by molar-refractivity contribution is -0.133. The minimum absolute atomic E-state index is 0.0344. The molecule has 0 aliphatic rings. The van der Waals surface area contributed by atoms with E-state index in [-0.39, 0.29) is 11.7 Å². The summed E-state index contributed by atoms with van der Waals surface area (Å²) in [7, 11) is 3.12. The van der Waals surface area contributed by atoms with Crippen LogP contribution in [0.3, 0.4) is 0 Å².